The summed E-state index contributed by atoms with van der Waals surface area (Å²) in [7, 11) is 0. The number of hydrogen-bond acceptors (Lipinski definition) is 2. The summed E-state index contributed by atoms with van der Waals surface area (Å²) in [4.78, 5) is 4.16. The fourth-order valence-electron chi connectivity index (χ4n) is 1.34. The lowest BCUT2D eigenvalue weighted by Gasteiger charge is -2.06. The van der Waals surface area contributed by atoms with Crippen LogP contribution in [0.25, 0.3) is 11.3 Å². The molecule has 0 radical (unpaired) electrons. The Bertz CT molecular complexity index is 541. The standard InChI is InChI=1S/C11H7Cl3N2/c12-7-4-10(15)11(16-5-7)6-1-2-8(13)9(14)3-6/h1-5H,15H2. The molecule has 0 aliphatic heterocycles. The van der Waals surface area contributed by atoms with E-state index in [-0.39, 0.29) is 0 Å². The lowest BCUT2D eigenvalue weighted by Crippen LogP contribution is -1.93. The maximum absolute atomic E-state index is 5.92. The van der Waals surface area contributed by atoms with Crippen LogP contribution >= 0.6 is 34.8 Å². The molecule has 82 valence electrons. The van der Waals surface area contributed by atoms with Crippen molar-refractivity contribution in [3.05, 3.63) is 45.5 Å². The van der Waals surface area contributed by atoms with Crippen molar-refractivity contribution in [2.45, 2.75) is 0 Å². The molecule has 0 spiro atoms. The molecule has 5 heteroatoms. The highest BCUT2D eigenvalue weighted by molar-refractivity contribution is 6.42. The molecule has 2 rings (SSSR count). The minimum absolute atomic E-state index is 0.468. The number of benzene rings is 1. The van der Waals surface area contributed by atoms with E-state index in [0.29, 0.717) is 26.4 Å². The number of anilines is 1. The monoisotopic (exact) mass is 272 g/mol. The highest BCUT2D eigenvalue weighted by Gasteiger charge is 2.07. The number of nitrogens with zero attached hydrogens (tertiary/aromatic N) is 1. The van der Waals surface area contributed by atoms with Crippen LogP contribution in [0.5, 0.6) is 0 Å². The van der Waals surface area contributed by atoms with E-state index in [4.69, 9.17) is 40.5 Å². The second-order valence-electron chi connectivity index (χ2n) is 3.22. The van der Waals surface area contributed by atoms with Crippen molar-refractivity contribution in [1.29, 1.82) is 0 Å². The highest BCUT2D eigenvalue weighted by atomic mass is 35.5. The summed E-state index contributed by atoms with van der Waals surface area (Å²) < 4.78 is 0. The van der Waals surface area contributed by atoms with Crippen molar-refractivity contribution >= 4 is 40.5 Å². The van der Waals surface area contributed by atoms with Crippen LogP contribution in [0.1, 0.15) is 0 Å². The van der Waals surface area contributed by atoms with Gasteiger partial charge in [0, 0.05) is 11.8 Å². The van der Waals surface area contributed by atoms with Crippen LogP contribution in [-0.2, 0) is 0 Å². The fourth-order valence-corrected chi connectivity index (χ4v) is 1.80. The lowest BCUT2D eigenvalue weighted by molar-refractivity contribution is 1.33. The van der Waals surface area contributed by atoms with Crippen molar-refractivity contribution in [1.82, 2.24) is 4.98 Å². The third-order valence-corrected chi connectivity index (χ3v) is 3.02. The predicted octanol–water partition coefficient (Wildman–Crippen LogP) is 4.29. The second-order valence-corrected chi connectivity index (χ2v) is 4.47. The van der Waals surface area contributed by atoms with Gasteiger partial charge in [-0.05, 0) is 18.2 Å². The highest BCUT2D eigenvalue weighted by Crippen LogP contribution is 2.30. The smallest absolute Gasteiger partial charge is 0.0932 e. The first-order valence-electron chi connectivity index (χ1n) is 4.44. The predicted molar refractivity (Wildman–Crippen MR) is 69.1 cm³/mol. The van der Waals surface area contributed by atoms with Crippen molar-refractivity contribution in [2.75, 3.05) is 5.73 Å². The average Bonchev–Trinajstić information content (AvgIpc) is 2.22. The van der Waals surface area contributed by atoms with Crippen LogP contribution in [0, 0.1) is 0 Å². The van der Waals surface area contributed by atoms with Crippen LogP contribution in [0.15, 0.2) is 30.5 Å². The summed E-state index contributed by atoms with van der Waals surface area (Å²) in [6.07, 6.45) is 1.54. The molecule has 0 atom stereocenters. The van der Waals surface area contributed by atoms with E-state index < -0.39 is 0 Å². The molecule has 0 aliphatic rings. The summed E-state index contributed by atoms with van der Waals surface area (Å²) in [6.45, 7) is 0. The van der Waals surface area contributed by atoms with Gasteiger partial charge in [-0.25, -0.2) is 0 Å². The van der Waals surface area contributed by atoms with Gasteiger partial charge < -0.3 is 5.73 Å². The molecule has 1 aromatic carbocycles. The van der Waals surface area contributed by atoms with Gasteiger partial charge in [0.25, 0.3) is 0 Å². The van der Waals surface area contributed by atoms with Crippen LogP contribution in [-0.4, -0.2) is 4.98 Å². The second kappa shape index (κ2) is 4.50. The van der Waals surface area contributed by atoms with E-state index in [1.165, 1.54) is 6.20 Å². The molecule has 2 aromatic rings. The largest absolute Gasteiger partial charge is 0.397 e. The number of aromatic nitrogens is 1. The molecule has 0 bridgehead atoms. The van der Waals surface area contributed by atoms with E-state index in [0.717, 1.165) is 5.56 Å². The summed E-state index contributed by atoms with van der Waals surface area (Å²) in [6, 6.07) is 6.87. The third-order valence-electron chi connectivity index (χ3n) is 2.08. The molecule has 0 saturated heterocycles. The summed E-state index contributed by atoms with van der Waals surface area (Å²) >= 11 is 17.5. The molecule has 2 N–H and O–H groups in total. The topological polar surface area (TPSA) is 38.9 Å². The number of rotatable bonds is 1. The van der Waals surface area contributed by atoms with Gasteiger partial charge in [-0.2, -0.15) is 0 Å². The molecular weight excluding hydrogens is 266 g/mol. The normalized spacial score (nSPS) is 10.4. The summed E-state index contributed by atoms with van der Waals surface area (Å²) in [5.41, 5.74) is 7.77. The van der Waals surface area contributed by atoms with Gasteiger partial charge in [0.2, 0.25) is 0 Å². The van der Waals surface area contributed by atoms with Gasteiger partial charge in [-0.1, -0.05) is 40.9 Å². The zero-order valence-corrected chi connectivity index (χ0v) is 10.3. The fraction of sp³-hybridized carbons (Fsp3) is 0. The van der Waals surface area contributed by atoms with E-state index in [2.05, 4.69) is 4.98 Å². The van der Waals surface area contributed by atoms with E-state index in [1.807, 2.05) is 0 Å². The number of nitrogen functional groups attached to an aromatic ring is 1. The Balaban J connectivity index is 2.54. The van der Waals surface area contributed by atoms with Gasteiger partial charge >= 0.3 is 0 Å². The Labute approximate surface area is 108 Å². The number of nitrogens with two attached hydrogens (primary N) is 1. The van der Waals surface area contributed by atoms with Gasteiger partial charge in [0.1, 0.15) is 0 Å². The van der Waals surface area contributed by atoms with E-state index in [9.17, 15) is 0 Å². The number of halogens is 3. The first-order valence-corrected chi connectivity index (χ1v) is 5.58. The zero-order chi connectivity index (χ0) is 11.7. The summed E-state index contributed by atoms with van der Waals surface area (Å²) in [5, 5.41) is 1.47. The van der Waals surface area contributed by atoms with Crippen molar-refractivity contribution in [2.24, 2.45) is 0 Å². The van der Waals surface area contributed by atoms with E-state index in [1.54, 1.807) is 24.3 Å². The zero-order valence-electron chi connectivity index (χ0n) is 8.05. The van der Waals surface area contributed by atoms with E-state index >= 15 is 0 Å². The van der Waals surface area contributed by atoms with Crippen LogP contribution < -0.4 is 5.73 Å². The maximum Gasteiger partial charge on any atom is 0.0932 e. The van der Waals surface area contributed by atoms with Crippen molar-refractivity contribution < 1.29 is 0 Å². The number of hydrogen-bond donors (Lipinski definition) is 1. The van der Waals surface area contributed by atoms with Gasteiger partial charge in [-0.15, -0.1) is 0 Å². The van der Waals surface area contributed by atoms with Crippen molar-refractivity contribution in [3.63, 3.8) is 0 Å². The molecule has 1 heterocycles. The Morgan fingerprint density at radius 3 is 2.38 bits per heavy atom. The van der Waals surface area contributed by atoms with Crippen molar-refractivity contribution in [3.8, 4) is 11.3 Å². The summed E-state index contributed by atoms with van der Waals surface area (Å²) in [5.74, 6) is 0. The third kappa shape index (κ3) is 2.24. The molecule has 2 nitrogen and oxygen atoms in total. The first kappa shape index (κ1) is 11.5. The molecular formula is C11H7Cl3N2. The number of pyridine rings is 1. The Kier molecular flexibility index (Phi) is 3.24. The van der Waals surface area contributed by atoms with Crippen LogP contribution in [0.2, 0.25) is 15.1 Å². The minimum Gasteiger partial charge on any atom is -0.397 e. The average molecular weight is 274 g/mol. The first-order chi connectivity index (χ1) is 7.58. The maximum atomic E-state index is 5.92. The Hall–Kier alpha value is -0.960. The minimum atomic E-state index is 0.468. The molecule has 16 heavy (non-hydrogen) atoms. The molecule has 0 fully saturated rings. The molecule has 0 unspecified atom stereocenters. The lowest BCUT2D eigenvalue weighted by atomic mass is 10.1. The Morgan fingerprint density at radius 1 is 1.00 bits per heavy atom. The molecule has 1 aromatic heterocycles. The molecule has 0 aliphatic carbocycles. The SMILES string of the molecule is Nc1cc(Cl)cnc1-c1ccc(Cl)c(Cl)c1. The van der Waals surface area contributed by atoms with Gasteiger partial charge in [0.15, 0.2) is 0 Å². The Morgan fingerprint density at radius 2 is 1.75 bits per heavy atom. The van der Waals surface area contributed by atoms with Gasteiger partial charge in [0.05, 0.1) is 26.4 Å². The van der Waals surface area contributed by atoms with Gasteiger partial charge in [-0.3, -0.25) is 4.98 Å². The van der Waals surface area contributed by atoms with Crippen LogP contribution in [0.3, 0.4) is 0 Å². The quantitative estimate of drug-likeness (QED) is 0.842. The molecule has 0 saturated carbocycles. The molecule has 0 amide bonds. The van der Waals surface area contributed by atoms with Crippen LogP contribution in [0.4, 0.5) is 5.69 Å².